The van der Waals surface area contributed by atoms with Crippen molar-refractivity contribution >= 4 is 23.2 Å². The first-order valence-electron chi connectivity index (χ1n) is 10.6. The molecule has 5 rings (SSSR count). The van der Waals surface area contributed by atoms with E-state index in [1.54, 1.807) is 0 Å². The molecule has 0 unspecified atom stereocenters. The van der Waals surface area contributed by atoms with E-state index in [1.165, 1.54) is 0 Å². The maximum Gasteiger partial charge on any atom is 0.236 e. The van der Waals surface area contributed by atoms with Crippen LogP contribution in [0.15, 0.2) is 109 Å². The summed E-state index contributed by atoms with van der Waals surface area (Å²) < 4.78 is 0. The van der Waals surface area contributed by atoms with Gasteiger partial charge in [-0.15, -0.1) is 0 Å². The summed E-state index contributed by atoms with van der Waals surface area (Å²) in [6, 6.07) is 34.3. The molecule has 0 radical (unpaired) electrons. The zero-order valence-electron chi connectivity index (χ0n) is 17.4. The van der Waals surface area contributed by atoms with Crippen molar-refractivity contribution in [3.63, 3.8) is 0 Å². The number of fused-ring (bicyclic) bond motifs is 2. The smallest absolute Gasteiger partial charge is 0.236 e. The molecule has 0 spiro atoms. The number of hydrogen-bond donors (Lipinski definition) is 2. The van der Waals surface area contributed by atoms with Crippen molar-refractivity contribution in [3.8, 4) is 0 Å². The third kappa shape index (κ3) is 3.67. The molecule has 0 aromatic heterocycles. The van der Waals surface area contributed by atoms with E-state index >= 15 is 0 Å². The van der Waals surface area contributed by atoms with E-state index in [1.807, 2.05) is 109 Å². The van der Waals surface area contributed by atoms with Crippen molar-refractivity contribution in [2.45, 2.75) is 11.8 Å². The second-order valence-electron chi connectivity index (χ2n) is 7.83. The molecule has 32 heavy (non-hydrogen) atoms. The Balaban J connectivity index is 1.57. The van der Waals surface area contributed by atoms with Crippen molar-refractivity contribution in [1.29, 1.82) is 0 Å². The third-order valence-electron chi connectivity index (χ3n) is 5.84. The van der Waals surface area contributed by atoms with Crippen LogP contribution < -0.4 is 10.6 Å². The van der Waals surface area contributed by atoms with Crippen LogP contribution >= 0.6 is 0 Å². The van der Waals surface area contributed by atoms with Gasteiger partial charge in [0.1, 0.15) is 0 Å². The fourth-order valence-electron chi connectivity index (χ4n) is 4.45. The second kappa shape index (κ2) is 8.52. The molecule has 2 N–H and O–H groups in total. The van der Waals surface area contributed by atoms with Gasteiger partial charge >= 0.3 is 0 Å². The highest BCUT2D eigenvalue weighted by Gasteiger charge is 2.38. The fourth-order valence-corrected chi connectivity index (χ4v) is 4.45. The quantitative estimate of drug-likeness (QED) is 0.457. The van der Waals surface area contributed by atoms with Gasteiger partial charge in [-0.3, -0.25) is 9.59 Å². The summed E-state index contributed by atoms with van der Waals surface area (Å²) in [4.78, 5) is 26.9. The first-order chi connectivity index (χ1) is 15.7. The predicted molar refractivity (Wildman–Crippen MR) is 127 cm³/mol. The van der Waals surface area contributed by atoms with Gasteiger partial charge in [0.05, 0.1) is 11.8 Å². The molecule has 1 aliphatic rings. The molecule has 4 aromatic rings. The Labute approximate surface area is 186 Å². The maximum atomic E-state index is 13.4. The minimum atomic E-state index is -0.497. The van der Waals surface area contributed by atoms with E-state index in [-0.39, 0.29) is 11.8 Å². The topological polar surface area (TPSA) is 58.2 Å². The first kappa shape index (κ1) is 19.8. The Morgan fingerprint density at radius 1 is 0.438 bits per heavy atom. The summed E-state index contributed by atoms with van der Waals surface area (Å²) in [5.41, 5.74) is 4.91. The molecule has 4 heteroatoms. The van der Waals surface area contributed by atoms with Crippen LogP contribution in [0, 0.1) is 0 Å². The number of anilines is 2. The summed E-state index contributed by atoms with van der Waals surface area (Å²) in [7, 11) is 0. The van der Waals surface area contributed by atoms with Crippen LogP contribution in [0.25, 0.3) is 0 Å². The van der Waals surface area contributed by atoms with Crippen LogP contribution in [-0.4, -0.2) is 11.8 Å². The van der Waals surface area contributed by atoms with Gasteiger partial charge in [0.2, 0.25) is 11.8 Å². The SMILES string of the molecule is O=C(Nc1ccccc1)C1c2ccccc2C(C(=O)Nc2ccccc2)c2ccccc21. The van der Waals surface area contributed by atoms with E-state index in [0.29, 0.717) is 0 Å². The van der Waals surface area contributed by atoms with Crippen LogP contribution in [0.4, 0.5) is 11.4 Å². The van der Waals surface area contributed by atoms with Crippen LogP contribution in [0.2, 0.25) is 0 Å². The minimum absolute atomic E-state index is 0.113. The molecular weight excluding hydrogens is 396 g/mol. The number of nitrogens with one attached hydrogen (secondary N) is 2. The standard InChI is InChI=1S/C28H22N2O2/c31-27(29-19-11-3-1-4-12-19)25-21-15-7-9-17-23(21)26(24-18-10-8-16-22(24)25)28(32)30-20-13-5-2-6-14-20/h1-18,25-26H,(H,29,31)(H,30,32). The molecule has 4 aromatic carbocycles. The van der Waals surface area contributed by atoms with Crippen molar-refractivity contribution in [3.05, 3.63) is 131 Å². The summed E-state index contributed by atoms with van der Waals surface area (Å²) in [6.07, 6.45) is 0. The maximum absolute atomic E-state index is 13.4. The lowest BCUT2D eigenvalue weighted by Crippen LogP contribution is -2.32. The largest absolute Gasteiger partial charge is 0.325 e. The van der Waals surface area contributed by atoms with E-state index < -0.39 is 11.8 Å². The lowest BCUT2D eigenvalue weighted by molar-refractivity contribution is -0.118. The normalized spacial score (nSPS) is 16.4. The van der Waals surface area contributed by atoms with Gasteiger partial charge in [0.15, 0.2) is 0 Å². The third-order valence-corrected chi connectivity index (χ3v) is 5.84. The highest BCUT2D eigenvalue weighted by atomic mass is 16.2. The highest BCUT2D eigenvalue weighted by molar-refractivity contribution is 6.03. The summed E-state index contributed by atoms with van der Waals surface area (Å²) in [6.45, 7) is 0. The molecule has 0 saturated heterocycles. The number of rotatable bonds is 4. The van der Waals surface area contributed by atoms with Crippen LogP contribution in [0.1, 0.15) is 34.1 Å². The molecule has 4 nitrogen and oxygen atoms in total. The predicted octanol–water partition coefficient (Wildman–Crippen LogP) is 5.54. The van der Waals surface area contributed by atoms with E-state index in [9.17, 15) is 9.59 Å². The molecule has 2 amide bonds. The van der Waals surface area contributed by atoms with Gasteiger partial charge in [0.25, 0.3) is 0 Å². The van der Waals surface area contributed by atoms with E-state index in [0.717, 1.165) is 33.6 Å². The monoisotopic (exact) mass is 418 g/mol. The lowest BCUT2D eigenvalue weighted by Gasteiger charge is -2.33. The van der Waals surface area contributed by atoms with Gasteiger partial charge in [-0.05, 0) is 46.5 Å². The lowest BCUT2D eigenvalue weighted by atomic mass is 9.71. The number of amides is 2. The number of carbonyl (C=O) groups is 2. The Morgan fingerprint density at radius 2 is 0.719 bits per heavy atom. The molecule has 1 aliphatic carbocycles. The van der Waals surface area contributed by atoms with Crippen molar-refractivity contribution in [2.75, 3.05) is 10.6 Å². The van der Waals surface area contributed by atoms with Crippen molar-refractivity contribution in [1.82, 2.24) is 0 Å². The zero-order valence-corrected chi connectivity index (χ0v) is 17.4. The van der Waals surface area contributed by atoms with Crippen LogP contribution in [0.5, 0.6) is 0 Å². The van der Waals surface area contributed by atoms with Crippen LogP contribution in [0.3, 0.4) is 0 Å². The Kier molecular flexibility index (Phi) is 5.26. The molecule has 0 aliphatic heterocycles. The number of benzene rings is 4. The summed E-state index contributed by atoms with van der Waals surface area (Å²) in [5, 5.41) is 6.08. The first-order valence-corrected chi connectivity index (χ1v) is 10.6. The van der Waals surface area contributed by atoms with Gasteiger partial charge < -0.3 is 10.6 Å². The molecular formula is C28H22N2O2. The van der Waals surface area contributed by atoms with Crippen molar-refractivity contribution in [2.24, 2.45) is 0 Å². The van der Waals surface area contributed by atoms with Gasteiger partial charge in [-0.1, -0.05) is 84.9 Å². The average Bonchev–Trinajstić information content (AvgIpc) is 2.83. The highest BCUT2D eigenvalue weighted by Crippen LogP contribution is 2.44. The van der Waals surface area contributed by atoms with Gasteiger partial charge in [-0.2, -0.15) is 0 Å². The summed E-state index contributed by atoms with van der Waals surface area (Å²) in [5.74, 6) is -1.22. The van der Waals surface area contributed by atoms with Crippen molar-refractivity contribution < 1.29 is 9.59 Å². The molecule has 0 saturated carbocycles. The average molecular weight is 418 g/mol. The van der Waals surface area contributed by atoms with E-state index in [2.05, 4.69) is 10.6 Å². The Bertz CT molecular complexity index is 1120. The second-order valence-corrected chi connectivity index (χ2v) is 7.83. The van der Waals surface area contributed by atoms with Crippen LogP contribution in [-0.2, 0) is 9.59 Å². The van der Waals surface area contributed by atoms with Gasteiger partial charge in [0, 0.05) is 11.4 Å². The van der Waals surface area contributed by atoms with Gasteiger partial charge in [-0.25, -0.2) is 0 Å². The zero-order chi connectivity index (χ0) is 21.9. The molecule has 156 valence electrons. The summed E-state index contributed by atoms with van der Waals surface area (Å²) >= 11 is 0. The Morgan fingerprint density at radius 3 is 1.03 bits per heavy atom. The number of hydrogen-bond acceptors (Lipinski definition) is 2. The Hall–Kier alpha value is -4.18. The molecule has 0 atom stereocenters. The molecule has 0 heterocycles. The van der Waals surface area contributed by atoms with E-state index in [4.69, 9.17) is 0 Å². The fraction of sp³-hybridized carbons (Fsp3) is 0.0714. The number of carbonyl (C=O) groups excluding carboxylic acids is 2. The minimum Gasteiger partial charge on any atom is -0.325 e. The molecule has 0 bridgehead atoms. The molecule has 0 fully saturated rings. The number of para-hydroxylation sites is 2.